The van der Waals surface area contributed by atoms with Crippen molar-refractivity contribution in [2.45, 2.75) is 32.5 Å². The topological polar surface area (TPSA) is 119 Å². The Balaban J connectivity index is 1.33. The summed E-state index contributed by atoms with van der Waals surface area (Å²) in [6.45, 7) is 4.67. The van der Waals surface area contributed by atoms with E-state index in [4.69, 9.17) is 21.3 Å². The van der Waals surface area contributed by atoms with Gasteiger partial charge in [0.15, 0.2) is 5.82 Å². The van der Waals surface area contributed by atoms with Crippen molar-refractivity contribution in [3.05, 3.63) is 62.0 Å². The molecule has 2 aliphatic heterocycles. The first-order valence-corrected chi connectivity index (χ1v) is 15.6. The van der Waals surface area contributed by atoms with Crippen LogP contribution in [0.15, 0.2) is 34.6 Å². The molecule has 0 bridgehead atoms. The third-order valence-corrected chi connectivity index (χ3v) is 9.13. The first-order valence-electron chi connectivity index (χ1n) is 14.3. The van der Waals surface area contributed by atoms with Crippen molar-refractivity contribution < 1.29 is 22.7 Å². The third-order valence-electron chi connectivity index (χ3n) is 7.97. The molecule has 5 aromatic rings. The molecule has 11 nitrogen and oxygen atoms in total. The standard InChI is InChI=1S/C29H26ClF3N8O3S/c1-2-19-24(39-8-6-34-7-9-39)27(43)41-28(37-26(38-41)16-3-4-20-15(11-16)5-10-44-20)40(19)13-21(42)36-22-18(30)12-17(29(31,32)33)25-23(22)35-14-45-25/h3-4,11-12,14,34H,2,5-10,13H2,1H3,(H,36,42). The molecule has 0 spiro atoms. The Labute approximate surface area is 262 Å². The number of nitrogens with one attached hydrogen (secondary N) is 2. The molecule has 5 heterocycles. The van der Waals surface area contributed by atoms with Gasteiger partial charge in [0.05, 0.1) is 38.8 Å². The lowest BCUT2D eigenvalue weighted by atomic mass is 10.1. The number of ether oxygens (including phenoxy) is 1. The molecule has 0 aliphatic carbocycles. The van der Waals surface area contributed by atoms with Gasteiger partial charge in [0.2, 0.25) is 11.7 Å². The van der Waals surface area contributed by atoms with Gasteiger partial charge < -0.3 is 24.8 Å². The summed E-state index contributed by atoms with van der Waals surface area (Å²) in [6.07, 6.45) is -3.50. The molecular weight excluding hydrogens is 633 g/mol. The Kier molecular flexibility index (Phi) is 7.41. The maximum Gasteiger partial charge on any atom is 0.417 e. The molecule has 45 heavy (non-hydrogen) atoms. The molecule has 1 amide bonds. The molecule has 234 valence electrons. The van der Waals surface area contributed by atoms with Crippen LogP contribution < -0.4 is 25.8 Å². The summed E-state index contributed by atoms with van der Waals surface area (Å²) < 4.78 is 49.4. The summed E-state index contributed by atoms with van der Waals surface area (Å²) in [4.78, 5) is 38.4. The normalized spacial score (nSPS) is 15.1. The number of alkyl halides is 3. The largest absolute Gasteiger partial charge is 0.493 e. The van der Waals surface area contributed by atoms with E-state index in [-0.39, 0.29) is 38.8 Å². The van der Waals surface area contributed by atoms with E-state index in [0.29, 0.717) is 62.0 Å². The average Bonchev–Trinajstić information content (AvgIpc) is 3.79. The number of hydrogen-bond acceptors (Lipinski definition) is 9. The molecule has 3 aromatic heterocycles. The van der Waals surface area contributed by atoms with Crippen LogP contribution in [0.5, 0.6) is 5.75 Å². The van der Waals surface area contributed by atoms with Gasteiger partial charge in [-0.25, -0.2) is 4.98 Å². The number of thiazole rings is 1. The molecular formula is C29H26ClF3N8O3S. The first kappa shape index (κ1) is 29.5. The fraction of sp³-hybridized carbons (Fsp3) is 0.345. The summed E-state index contributed by atoms with van der Waals surface area (Å²) in [5.41, 5.74) is 2.64. The van der Waals surface area contributed by atoms with Crippen LogP contribution in [0.2, 0.25) is 5.02 Å². The molecule has 7 rings (SSSR count). The van der Waals surface area contributed by atoms with E-state index in [1.165, 1.54) is 10.0 Å². The Morgan fingerprint density at radius 3 is 2.78 bits per heavy atom. The van der Waals surface area contributed by atoms with Crippen LogP contribution in [-0.4, -0.2) is 62.8 Å². The quantitative estimate of drug-likeness (QED) is 0.276. The van der Waals surface area contributed by atoms with E-state index in [0.717, 1.165) is 35.1 Å². The SMILES string of the molecule is CCc1c(N2CCNCC2)c(=O)n2nc(-c3ccc4c(c3)CCO4)nc2n1CC(=O)Nc1c(Cl)cc(C(F)(F)F)c2scnc12. The van der Waals surface area contributed by atoms with E-state index in [2.05, 4.69) is 20.7 Å². The van der Waals surface area contributed by atoms with Crippen LogP contribution >= 0.6 is 22.9 Å². The number of carbonyl (C=O) groups is 1. The molecule has 2 N–H and O–H groups in total. The molecule has 1 saturated heterocycles. The van der Waals surface area contributed by atoms with Crippen molar-refractivity contribution in [1.82, 2.24) is 29.5 Å². The summed E-state index contributed by atoms with van der Waals surface area (Å²) in [6, 6.07) is 6.40. The Morgan fingerprint density at radius 2 is 2.02 bits per heavy atom. The van der Waals surface area contributed by atoms with Crippen LogP contribution in [0.4, 0.5) is 24.5 Å². The Bertz CT molecular complexity index is 2030. The number of halogens is 4. The van der Waals surface area contributed by atoms with Crippen molar-refractivity contribution in [2.24, 2.45) is 0 Å². The highest BCUT2D eigenvalue weighted by molar-refractivity contribution is 7.17. The van der Waals surface area contributed by atoms with Gasteiger partial charge in [0.1, 0.15) is 23.5 Å². The van der Waals surface area contributed by atoms with Gasteiger partial charge in [-0.2, -0.15) is 22.7 Å². The second-order valence-electron chi connectivity index (χ2n) is 10.7. The number of piperazine rings is 1. The maximum absolute atomic E-state index is 14.0. The first-order chi connectivity index (χ1) is 21.6. The molecule has 2 aromatic carbocycles. The smallest absolute Gasteiger partial charge is 0.417 e. The van der Waals surface area contributed by atoms with Gasteiger partial charge in [-0.15, -0.1) is 16.4 Å². The fourth-order valence-electron chi connectivity index (χ4n) is 5.91. The molecule has 1 fully saturated rings. The van der Waals surface area contributed by atoms with E-state index in [1.807, 2.05) is 30.0 Å². The minimum atomic E-state index is -4.65. The van der Waals surface area contributed by atoms with Crippen molar-refractivity contribution in [2.75, 3.05) is 43.0 Å². The van der Waals surface area contributed by atoms with Gasteiger partial charge in [0.25, 0.3) is 5.56 Å². The average molecular weight is 659 g/mol. The number of aromatic nitrogens is 5. The van der Waals surface area contributed by atoms with Gasteiger partial charge in [-0.1, -0.05) is 18.5 Å². The molecule has 2 aliphatic rings. The summed E-state index contributed by atoms with van der Waals surface area (Å²) in [5.74, 6) is 0.682. The predicted molar refractivity (Wildman–Crippen MR) is 165 cm³/mol. The second-order valence-corrected chi connectivity index (χ2v) is 12.0. The van der Waals surface area contributed by atoms with Gasteiger partial charge in [-0.05, 0) is 36.2 Å². The number of fused-ring (bicyclic) bond motifs is 3. The van der Waals surface area contributed by atoms with Crippen LogP contribution in [0, 0.1) is 0 Å². The Morgan fingerprint density at radius 1 is 1.22 bits per heavy atom. The van der Waals surface area contributed by atoms with Crippen molar-refractivity contribution >= 4 is 56.2 Å². The minimum Gasteiger partial charge on any atom is -0.493 e. The molecule has 0 radical (unpaired) electrons. The molecule has 0 unspecified atom stereocenters. The van der Waals surface area contributed by atoms with E-state index in [9.17, 15) is 22.8 Å². The van der Waals surface area contributed by atoms with Crippen LogP contribution in [0.3, 0.4) is 0 Å². The highest BCUT2D eigenvalue weighted by atomic mass is 35.5. The number of rotatable bonds is 6. The van der Waals surface area contributed by atoms with Crippen LogP contribution in [0.25, 0.3) is 27.4 Å². The zero-order valence-electron chi connectivity index (χ0n) is 23.9. The van der Waals surface area contributed by atoms with E-state index in [1.54, 1.807) is 4.57 Å². The third kappa shape index (κ3) is 5.17. The zero-order chi connectivity index (χ0) is 31.5. The maximum atomic E-state index is 14.0. The Hall–Kier alpha value is -4.21. The van der Waals surface area contributed by atoms with Crippen molar-refractivity contribution in [1.29, 1.82) is 0 Å². The number of nitrogens with zero attached hydrogens (tertiary/aromatic N) is 6. The number of carbonyl (C=O) groups excluding carboxylic acids is 1. The fourth-order valence-corrected chi connectivity index (χ4v) is 6.99. The minimum absolute atomic E-state index is 0.0223. The highest BCUT2D eigenvalue weighted by Crippen LogP contribution is 2.42. The van der Waals surface area contributed by atoms with Crippen LogP contribution in [-0.2, 0) is 30.4 Å². The number of hydrogen-bond donors (Lipinski definition) is 2. The molecule has 0 saturated carbocycles. The van der Waals surface area contributed by atoms with Crippen molar-refractivity contribution in [3.8, 4) is 17.1 Å². The van der Waals surface area contributed by atoms with Gasteiger partial charge in [0, 0.05) is 38.2 Å². The summed E-state index contributed by atoms with van der Waals surface area (Å²) >= 11 is 7.09. The van der Waals surface area contributed by atoms with Crippen LogP contribution in [0.1, 0.15) is 23.7 Å². The monoisotopic (exact) mass is 658 g/mol. The lowest BCUT2D eigenvalue weighted by Gasteiger charge is -2.31. The predicted octanol–water partition coefficient (Wildman–Crippen LogP) is 4.39. The van der Waals surface area contributed by atoms with Crippen molar-refractivity contribution in [3.63, 3.8) is 0 Å². The molecule has 0 atom stereocenters. The summed E-state index contributed by atoms with van der Waals surface area (Å²) in [7, 11) is 0. The number of benzene rings is 2. The zero-order valence-corrected chi connectivity index (χ0v) is 25.4. The van der Waals surface area contributed by atoms with Gasteiger partial charge >= 0.3 is 6.18 Å². The summed E-state index contributed by atoms with van der Waals surface area (Å²) in [5, 5.41) is 10.3. The lowest BCUT2D eigenvalue weighted by Crippen LogP contribution is -2.47. The lowest BCUT2D eigenvalue weighted by molar-refractivity contribution is -0.136. The van der Waals surface area contributed by atoms with Gasteiger partial charge in [-0.3, -0.25) is 9.59 Å². The number of amides is 1. The highest BCUT2D eigenvalue weighted by Gasteiger charge is 2.35. The number of anilines is 2. The van der Waals surface area contributed by atoms with E-state index < -0.39 is 17.6 Å². The second kappa shape index (κ2) is 11.3. The van der Waals surface area contributed by atoms with E-state index >= 15 is 0 Å². The molecule has 16 heteroatoms.